The van der Waals surface area contributed by atoms with Crippen molar-refractivity contribution in [2.24, 2.45) is 45.3 Å². The molecule has 0 saturated heterocycles. The van der Waals surface area contributed by atoms with Gasteiger partial charge in [0, 0.05) is 45.9 Å². The number of carbonyl (C=O) groups excluding carboxylic acids is 4. The van der Waals surface area contributed by atoms with Gasteiger partial charge in [0.1, 0.15) is 23.0 Å². The summed E-state index contributed by atoms with van der Waals surface area (Å²) in [6.45, 7) is 16.7. The third-order valence-corrected chi connectivity index (χ3v) is 18.9. The van der Waals surface area contributed by atoms with E-state index >= 15 is 0 Å². The first kappa shape index (κ1) is 60.4. The van der Waals surface area contributed by atoms with Crippen molar-refractivity contribution in [3.8, 4) is 67.5 Å². The fraction of sp³-hybridized carbons (Fsp3) is 0.333. The second-order valence-electron chi connectivity index (χ2n) is 26.8. The third kappa shape index (κ3) is 11.0. The molecule has 5 heterocycles. The van der Waals surface area contributed by atoms with E-state index in [9.17, 15) is 19.2 Å². The van der Waals surface area contributed by atoms with Crippen LogP contribution in [-0.4, -0.2) is 62.0 Å². The number of fused-ring (bicyclic) bond motifs is 8. The number of ether oxygens (including phenoxy) is 4. The van der Waals surface area contributed by atoms with E-state index in [1.165, 1.54) is 0 Å². The Labute approximate surface area is 528 Å². The normalized spacial score (nSPS) is 19.6. The van der Waals surface area contributed by atoms with Gasteiger partial charge >= 0.3 is 16.8 Å². The molecule has 0 unspecified atom stereocenters. The average Bonchev–Trinajstić information content (AvgIpc) is 1.88. The predicted molar refractivity (Wildman–Crippen MR) is 347 cm³/mol. The molecule has 13 rings (SSSR count). The summed E-state index contributed by atoms with van der Waals surface area (Å²) >= 11 is 0. The third-order valence-electron chi connectivity index (χ3n) is 18.9. The van der Waals surface area contributed by atoms with Gasteiger partial charge in [-0.2, -0.15) is 0 Å². The maximum absolute atomic E-state index is 14.4. The Balaban J connectivity index is 0.00000769. The van der Waals surface area contributed by atoms with E-state index in [4.69, 9.17) is 38.9 Å². The first-order chi connectivity index (χ1) is 42.0. The van der Waals surface area contributed by atoms with E-state index in [0.717, 1.165) is 25.7 Å². The smallest absolute Gasteiger partial charge is 0.657 e. The summed E-state index contributed by atoms with van der Waals surface area (Å²) < 4.78 is 24.7. The van der Waals surface area contributed by atoms with Crippen molar-refractivity contribution in [1.82, 2.24) is 19.9 Å². The van der Waals surface area contributed by atoms with Gasteiger partial charge in [0.05, 0.1) is 85.1 Å². The minimum Gasteiger partial charge on any atom is -0.657 e. The summed E-state index contributed by atoms with van der Waals surface area (Å²) in [5.74, 6) is 0.471. The van der Waals surface area contributed by atoms with Crippen molar-refractivity contribution < 1.29 is 54.9 Å². The van der Waals surface area contributed by atoms with Crippen molar-refractivity contribution in [2.75, 3.05) is 49.7 Å². The number of rotatable bonds is 16. The SMILES string of the molecule is COc1cccc(OC)c1-c1c2nc(c(-c3c(NC(=O)[C@H]4CC4(C)C)cccc3NC(=O)[C@H]3CC3(C)C)c3ccc([n-]3)c(-c3c(OC)cccc3OC)c3nc(c(-c4c(NC(=O)[C@H]5CC5(C)C)cccc4NC(=O)[C@H]4CC4(C)C)c4ccc1[n-]4)C=C3)C=C2.[Co+2]. The Kier molecular flexibility index (Phi) is 15.1. The summed E-state index contributed by atoms with van der Waals surface area (Å²) in [5, 5.41) is 13.2. The fourth-order valence-corrected chi connectivity index (χ4v) is 12.9. The minimum atomic E-state index is -0.231. The predicted octanol–water partition coefficient (Wildman–Crippen LogP) is 14.6. The number of hydrogen-bond acceptors (Lipinski definition) is 10. The molecule has 4 fully saturated rings. The molecule has 4 saturated carbocycles. The molecule has 4 atom stereocenters. The van der Waals surface area contributed by atoms with Crippen molar-refractivity contribution in [3.05, 3.63) is 120 Å². The topological polar surface area (TPSA) is 207 Å². The molecule has 8 bridgehead atoms. The summed E-state index contributed by atoms with van der Waals surface area (Å²) in [6, 6.07) is 29.9. The van der Waals surface area contributed by atoms with Gasteiger partial charge in [0.2, 0.25) is 23.6 Å². The zero-order valence-corrected chi connectivity index (χ0v) is 53.1. The summed E-state index contributed by atoms with van der Waals surface area (Å²) in [4.78, 5) is 80.0. The van der Waals surface area contributed by atoms with Crippen LogP contribution in [0.25, 0.3) is 90.9 Å². The number of aromatic nitrogens is 4. The zero-order valence-electron chi connectivity index (χ0n) is 52.1. The number of amides is 4. The standard InChI is InChI=1S/C72H74N8O8.Co/c1-69(2)33-37(69)65(81)77-41-17-13-18-42(78-66(82)38-34-70(38,3)4)57(41)59-45-25-29-49(73-45)61(63-53(85-9)21-15-22-54(63)86-10)51-31-27-47(75-51)60(48-28-32-52(76-48)62(50-30-26-46(59)74-50)64-55(87-11)23-16-24-56(64)88-12)58-43(79-67(83)39-35-71(39,5)6)19-14-20-44(58)80-68(84)40-36-72(40,7)8;/h13-32,37-40H,33-36H2,1-12H3,(H6,73,74,75,76,77,78,79,80,81,82,83,84);/q;+2/p-2/t37-,38-,39-,40-;/m1./s1. The van der Waals surface area contributed by atoms with Crippen LogP contribution in [-0.2, 0) is 36.0 Å². The number of anilines is 4. The van der Waals surface area contributed by atoms with Gasteiger partial charge in [-0.15, -0.1) is 22.1 Å². The molecule has 3 aromatic heterocycles. The van der Waals surface area contributed by atoms with E-state index in [1.54, 1.807) is 28.4 Å². The van der Waals surface area contributed by atoms with Crippen LogP contribution >= 0.6 is 0 Å². The molecule has 4 aromatic carbocycles. The number of carbonyl (C=O) groups is 4. The van der Waals surface area contributed by atoms with Crippen LogP contribution in [0.3, 0.4) is 0 Å². The molecule has 89 heavy (non-hydrogen) atoms. The van der Waals surface area contributed by atoms with Crippen LogP contribution in [0.5, 0.6) is 23.0 Å². The molecule has 4 amide bonds. The largest absolute Gasteiger partial charge is 2.00 e. The van der Waals surface area contributed by atoms with Crippen molar-refractivity contribution in [3.63, 3.8) is 0 Å². The van der Waals surface area contributed by atoms with Gasteiger partial charge < -0.3 is 50.2 Å². The van der Waals surface area contributed by atoms with Gasteiger partial charge in [-0.05, 0) is 131 Å². The molecule has 1 radical (unpaired) electrons. The molecule has 6 aliphatic rings. The Morgan fingerprint density at radius 3 is 0.787 bits per heavy atom. The quantitative estimate of drug-likeness (QED) is 0.0713. The van der Waals surface area contributed by atoms with Crippen LogP contribution in [0, 0.1) is 45.3 Å². The van der Waals surface area contributed by atoms with Gasteiger partial charge in [0.15, 0.2) is 0 Å². The van der Waals surface area contributed by atoms with Crippen LogP contribution < -0.4 is 50.2 Å². The van der Waals surface area contributed by atoms with E-state index in [1.807, 2.05) is 121 Å². The fourth-order valence-electron chi connectivity index (χ4n) is 12.9. The monoisotopic (exact) mass is 1240 g/mol. The van der Waals surface area contributed by atoms with Crippen LogP contribution in [0.1, 0.15) is 104 Å². The molecule has 457 valence electrons. The number of hydrogen-bond donors (Lipinski definition) is 4. The van der Waals surface area contributed by atoms with Crippen LogP contribution in [0.15, 0.2) is 97.1 Å². The Bertz CT molecular complexity index is 3950. The number of methoxy groups -OCH3 is 4. The summed E-state index contributed by atoms with van der Waals surface area (Å²) in [5.41, 5.74) is 9.13. The Morgan fingerprint density at radius 1 is 0.360 bits per heavy atom. The molecule has 2 aliphatic heterocycles. The molecule has 7 aromatic rings. The van der Waals surface area contributed by atoms with E-state index in [0.29, 0.717) is 135 Å². The van der Waals surface area contributed by atoms with Gasteiger partial charge in [-0.25, -0.2) is 9.97 Å². The van der Waals surface area contributed by atoms with Gasteiger partial charge in [0.25, 0.3) is 0 Å². The maximum atomic E-state index is 14.4. The van der Waals surface area contributed by atoms with E-state index in [2.05, 4.69) is 76.7 Å². The number of benzene rings is 4. The summed E-state index contributed by atoms with van der Waals surface area (Å²) in [7, 11) is 6.40. The first-order valence-corrected chi connectivity index (χ1v) is 30.0. The molecule has 4 aliphatic carbocycles. The second-order valence-corrected chi connectivity index (χ2v) is 26.8. The van der Waals surface area contributed by atoms with Gasteiger partial charge in [-0.3, -0.25) is 19.2 Å². The van der Waals surface area contributed by atoms with Crippen molar-refractivity contribution in [2.45, 2.75) is 81.1 Å². The second kappa shape index (κ2) is 22.3. The maximum Gasteiger partial charge on any atom is 2.00 e. The first-order valence-electron chi connectivity index (χ1n) is 30.0. The van der Waals surface area contributed by atoms with Crippen LogP contribution in [0.4, 0.5) is 22.7 Å². The van der Waals surface area contributed by atoms with Crippen molar-refractivity contribution in [1.29, 1.82) is 0 Å². The zero-order chi connectivity index (χ0) is 61.9. The molecule has 0 spiro atoms. The number of nitrogens with one attached hydrogen (secondary N) is 4. The molecule has 17 heteroatoms. The minimum absolute atomic E-state index is 0. The van der Waals surface area contributed by atoms with Crippen LogP contribution in [0.2, 0.25) is 0 Å². The molecular weight excluding hydrogens is 1160 g/mol. The van der Waals surface area contributed by atoms with Gasteiger partial charge in [-0.1, -0.05) is 104 Å². The van der Waals surface area contributed by atoms with E-state index < -0.39 is 0 Å². The molecular formula is C72H72CoN8O8. The molecule has 4 N–H and O–H groups in total. The summed E-state index contributed by atoms with van der Waals surface area (Å²) in [6.07, 6.45) is 10.5. The Hall–Kier alpha value is -8.93. The van der Waals surface area contributed by atoms with Crippen molar-refractivity contribution >= 4 is 92.7 Å². The van der Waals surface area contributed by atoms with E-state index in [-0.39, 0.29) is 85.7 Å². The number of nitrogens with zero attached hydrogens (tertiary/aromatic N) is 4. The average molecular weight is 1240 g/mol. The Morgan fingerprint density at radius 2 is 0.573 bits per heavy atom. The molecule has 16 nitrogen and oxygen atoms in total.